The molecule has 2 aromatic carbocycles. The van der Waals surface area contributed by atoms with Gasteiger partial charge in [0, 0.05) is 5.57 Å². The van der Waals surface area contributed by atoms with Crippen molar-refractivity contribution in [3.8, 4) is 0 Å². The molecule has 2 aromatic rings. The lowest BCUT2D eigenvalue weighted by atomic mass is 9.92. The zero-order chi connectivity index (χ0) is 14.9. The van der Waals surface area contributed by atoms with Crippen molar-refractivity contribution in [2.45, 2.75) is 38.7 Å². The summed E-state index contributed by atoms with van der Waals surface area (Å²) in [5.41, 5.74) is 1.21. The average molecular weight is 280 g/mol. The molecular formula is C19H20O2. The first-order valence-corrected chi connectivity index (χ1v) is 7.57. The van der Waals surface area contributed by atoms with Crippen molar-refractivity contribution in [3.63, 3.8) is 0 Å². The van der Waals surface area contributed by atoms with Crippen LogP contribution in [0.2, 0.25) is 0 Å². The maximum Gasteiger partial charge on any atom is 0.335 e. The van der Waals surface area contributed by atoms with Crippen molar-refractivity contribution in [1.29, 1.82) is 0 Å². The van der Waals surface area contributed by atoms with E-state index in [0.717, 1.165) is 30.4 Å². The molecule has 0 amide bonds. The standard InChI is InChI=1S/C19H20O2/c1-3-4-7-16-13-19(2,21-18(16)20)17-11-10-14-8-5-6-9-15(14)12-17/h5-6,8-13H,3-4,7H2,1-2H3/t19-/m1/s1. The third kappa shape index (κ3) is 2.58. The van der Waals surface area contributed by atoms with Crippen LogP contribution in [0.1, 0.15) is 38.7 Å². The van der Waals surface area contributed by atoms with Crippen molar-refractivity contribution < 1.29 is 9.53 Å². The van der Waals surface area contributed by atoms with Gasteiger partial charge in [0.2, 0.25) is 0 Å². The van der Waals surface area contributed by atoms with Gasteiger partial charge in [0.25, 0.3) is 0 Å². The number of benzene rings is 2. The molecule has 3 rings (SSSR count). The minimum absolute atomic E-state index is 0.167. The van der Waals surface area contributed by atoms with Gasteiger partial charge in [0.15, 0.2) is 5.60 Å². The number of cyclic esters (lactones) is 1. The molecule has 2 heteroatoms. The molecule has 0 aliphatic carbocycles. The smallest absolute Gasteiger partial charge is 0.335 e. The normalized spacial score (nSPS) is 21.4. The number of esters is 1. The van der Waals surface area contributed by atoms with Gasteiger partial charge >= 0.3 is 5.97 Å². The summed E-state index contributed by atoms with van der Waals surface area (Å²) in [5.74, 6) is -0.167. The monoisotopic (exact) mass is 280 g/mol. The van der Waals surface area contributed by atoms with E-state index in [9.17, 15) is 4.79 Å². The van der Waals surface area contributed by atoms with Gasteiger partial charge in [-0.2, -0.15) is 0 Å². The summed E-state index contributed by atoms with van der Waals surface area (Å²) in [6.07, 6.45) is 4.90. The van der Waals surface area contributed by atoms with E-state index in [0.29, 0.717) is 0 Å². The lowest BCUT2D eigenvalue weighted by Gasteiger charge is -2.22. The zero-order valence-electron chi connectivity index (χ0n) is 12.6. The molecule has 0 saturated heterocycles. The SMILES string of the molecule is CCCCC1=C[C@](C)(c2ccc3ccccc3c2)OC1=O. The highest BCUT2D eigenvalue weighted by atomic mass is 16.6. The first-order chi connectivity index (χ1) is 10.1. The van der Waals surface area contributed by atoms with E-state index >= 15 is 0 Å². The van der Waals surface area contributed by atoms with Gasteiger partial charge in [-0.3, -0.25) is 0 Å². The van der Waals surface area contributed by atoms with Crippen molar-refractivity contribution in [1.82, 2.24) is 0 Å². The molecule has 21 heavy (non-hydrogen) atoms. The Labute approximate surface area is 125 Å². The Morgan fingerprint density at radius 3 is 2.62 bits per heavy atom. The molecule has 0 unspecified atom stereocenters. The largest absolute Gasteiger partial charge is 0.447 e. The fraction of sp³-hybridized carbons (Fsp3) is 0.316. The van der Waals surface area contributed by atoms with E-state index in [1.54, 1.807) is 0 Å². The molecule has 108 valence electrons. The molecule has 2 nitrogen and oxygen atoms in total. The Kier molecular flexibility index (Phi) is 3.54. The molecule has 0 spiro atoms. The number of carbonyl (C=O) groups excluding carboxylic acids is 1. The van der Waals surface area contributed by atoms with Gasteiger partial charge in [-0.15, -0.1) is 0 Å². The lowest BCUT2D eigenvalue weighted by Crippen LogP contribution is -2.20. The third-order valence-corrected chi connectivity index (χ3v) is 4.14. The molecule has 0 N–H and O–H groups in total. The fourth-order valence-corrected chi connectivity index (χ4v) is 2.86. The summed E-state index contributed by atoms with van der Waals surface area (Å²) >= 11 is 0. The predicted molar refractivity (Wildman–Crippen MR) is 85.0 cm³/mol. The van der Waals surface area contributed by atoms with Crippen LogP contribution in [0, 0.1) is 0 Å². The van der Waals surface area contributed by atoms with Gasteiger partial charge in [-0.05, 0) is 48.2 Å². The Bertz CT molecular complexity index is 714. The topological polar surface area (TPSA) is 26.3 Å². The number of ether oxygens (including phenoxy) is 1. The lowest BCUT2D eigenvalue weighted by molar-refractivity contribution is -0.146. The summed E-state index contributed by atoms with van der Waals surface area (Å²) in [4.78, 5) is 12.0. The molecule has 0 fully saturated rings. The number of hydrogen-bond acceptors (Lipinski definition) is 2. The maximum atomic E-state index is 12.0. The fourth-order valence-electron chi connectivity index (χ4n) is 2.86. The highest BCUT2D eigenvalue weighted by Gasteiger charge is 2.37. The molecule has 0 bridgehead atoms. The Morgan fingerprint density at radius 1 is 1.10 bits per heavy atom. The average Bonchev–Trinajstić information content (AvgIpc) is 2.80. The molecular weight excluding hydrogens is 260 g/mol. The maximum absolute atomic E-state index is 12.0. The molecule has 0 aromatic heterocycles. The molecule has 0 saturated carbocycles. The van der Waals surface area contributed by atoms with Crippen LogP contribution in [0.3, 0.4) is 0 Å². The second-order valence-corrected chi connectivity index (χ2v) is 5.83. The molecule has 1 heterocycles. The van der Waals surface area contributed by atoms with E-state index in [-0.39, 0.29) is 5.97 Å². The summed E-state index contributed by atoms with van der Waals surface area (Å²) in [5, 5.41) is 2.37. The second kappa shape index (κ2) is 5.36. The van der Waals surface area contributed by atoms with Crippen LogP contribution < -0.4 is 0 Å². The highest BCUT2D eigenvalue weighted by Crippen LogP contribution is 2.37. The molecule has 1 atom stereocenters. The minimum Gasteiger partial charge on any atom is -0.447 e. The van der Waals surface area contributed by atoms with Gasteiger partial charge in [-0.1, -0.05) is 49.7 Å². The van der Waals surface area contributed by atoms with Crippen LogP contribution in [-0.2, 0) is 15.1 Å². The van der Waals surface area contributed by atoms with E-state index in [2.05, 4.69) is 37.3 Å². The summed E-state index contributed by atoms with van der Waals surface area (Å²) in [6, 6.07) is 14.5. The minimum atomic E-state index is -0.635. The number of unbranched alkanes of at least 4 members (excludes halogenated alkanes) is 1. The van der Waals surface area contributed by atoms with Gasteiger partial charge in [0.1, 0.15) is 0 Å². The predicted octanol–water partition coefficient (Wildman–Crippen LogP) is 4.73. The van der Waals surface area contributed by atoms with Crippen LogP contribution in [0.25, 0.3) is 10.8 Å². The first-order valence-electron chi connectivity index (χ1n) is 7.57. The van der Waals surface area contributed by atoms with E-state index < -0.39 is 5.60 Å². The van der Waals surface area contributed by atoms with Crippen LogP contribution in [0.4, 0.5) is 0 Å². The van der Waals surface area contributed by atoms with Crippen molar-refractivity contribution in [2.24, 2.45) is 0 Å². The Balaban J connectivity index is 1.97. The third-order valence-electron chi connectivity index (χ3n) is 4.14. The summed E-state index contributed by atoms with van der Waals surface area (Å²) < 4.78 is 5.66. The van der Waals surface area contributed by atoms with Crippen molar-refractivity contribution in [2.75, 3.05) is 0 Å². The quantitative estimate of drug-likeness (QED) is 0.757. The summed E-state index contributed by atoms with van der Waals surface area (Å²) in [7, 11) is 0. The van der Waals surface area contributed by atoms with Crippen LogP contribution >= 0.6 is 0 Å². The van der Waals surface area contributed by atoms with E-state index in [1.807, 2.05) is 25.1 Å². The van der Waals surface area contributed by atoms with Crippen molar-refractivity contribution in [3.05, 3.63) is 59.7 Å². The first kappa shape index (κ1) is 13.9. The zero-order valence-corrected chi connectivity index (χ0v) is 12.6. The summed E-state index contributed by atoms with van der Waals surface area (Å²) in [6.45, 7) is 4.09. The number of fused-ring (bicyclic) bond motifs is 1. The van der Waals surface area contributed by atoms with Crippen molar-refractivity contribution >= 4 is 16.7 Å². The second-order valence-electron chi connectivity index (χ2n) is 5.83. The van der Waals surface area contributed by atoms with Gasteiger partial charge in [-0.25, -0.2) is 4.79 Å². The van der Waals surface area contributed by atoms with Gasteiger partial charge in [0.05, 0.1) is 0 Å². The molecule has 1 aliphatic rings. The van der Waals surface area contributed by atoms with Crippen LogP contribution in [0.15, 0.2) is 54.1 Å². The van der Waals surface area contributed by atoms with Gasteiger partial charge < -0.3 is 4.74 Å². The highest BCUT2D eigenvalue weighted by molar-refractivity contribution is 5.92. The van der Waals surface area contributed by atoms with Crippen LogP contribution in [0.5, 0.6) is 0 Å². The molecule has 1 aliphatic heterocycles. The van der Waals surface area contributed by atoms with E-state index in [4.69, 9.17) is 4.74 Å². The van der Waals surface area contributed by atoms with E-state index in [1.165, 1.54) is 10.8 Å². The number of rotatable bonds is 4. The number of hydrogen-bond donors (Lipinski definition) is 0. The molecule has 0 radical (unpaired) electrons. The Morgan fingerprint density at radius 2 is 1.86 bits per heavy atom. The Hall–Kier alpha value is -2.09. The van der Waals surface area contributed by atoms with Crippen LogP contribution in [-0.4, -0.2) is 5.97 Å². The number of carbonyl (C=O) groups is 1.